The number of H-pyrrole nitrogens is 1. The molecule has 108 valence electrons. The zero-order chi connectivity index (χ0) is 14.9. The molecule has 0 saturated heterocycles. The summed E-state index contributed by atoms with van der Waals surface area (Å²) < 4.78 is 1.74. The van der Waals surface area contributed by atoms with Crippen molar-refractivity contribution >= 4 is 0 Å². The van der Waals surface area contributed by atoms with Gasteiger partial charge in [0.25, 0.3) is 5.56 Å². The van der Waals surface area contributed by atoms with Gasteiger partial charge in [-0.15, -0.1) is 0 Å². The first-order valence-electron chi connectivity index (χ1n) is 7.25. The maximum Gasteiger partial charge on any atom is 0.270 e. The highest BCUT2D eigenvalue weighted by Gasteiger charge is 2.26. The normalized spacial score (nSPS) is 11.8. The molecule has 0 bridgehead atoms. The number of nitrogens with one attached hydrogen (secondary N) is 1. The van der Waals surface area contributed by atoms with Crippen LogP contribution in [-0.2, 0) is 12.0 Å². The van der Waals surface area contributed by atoms with E-state index in [4.69, 9.17) is 0 Å². The van der Waals surface area contributed by atoms with Gasteiger partial charge in [-0.05, 0) is 24.3 Å². The number of hydrogen-bond acceptors (Lipinski definition) is 1. The Morgan fingerprint density at radius 3 is 2.40 bits per heavy atom. The highest BCUT2D eigenvalue weighted by atomic mass is 16.1. The molecule has 0 spiro atoms. The van der Waals surface area contributed by atoms with Crippen LogP contribution in [0.2, 0.25) is 0 Å². The molecule has 0 saturated carbocycles. The Morgan fingerprint density at radius 2 is 1.85 bits per heavy atom. The predicted molar refractivity (Wildman–Crippen MR) is 84.2 cm³/mol. The van der Waals surface area contributed by atoms with Crippen LogP contribution >= 0.6 is 0 Å². The van der Waals surface area contributed by atoms with Crippen molar-refractivity contribution in [3.05, 3.63) is 45.7 Å². The number of aromatic nitrogens is 2. The van der Waals surface area contributed by atoms with E-state index in [0.29, 0.717) is 0 Å². The largest absolute Gasteiger partial charge is 0.295 e. The van der Waals surface area contributed by atoms with Crippen LogP contribution in [0.5, 0.6) is 0 Å². The molecule has 1 heterocycles. The summed E-state index contributed by atoms with van der Waals surface area (Å²) in [5.41, 5.74) is 4.07. The molecule has 0 aliphatic heterocycles. The van der Waals surface area contributed by atoms with Crippen molar-refractivity contribution in [2.45, 2.75) is 53.0 Å². The number of aryl methyl sites for hydroxylation is 2. The average molecular weight is 272 g/mol. The summed E-state index contributed by atoms with van der Waals surface area (Å²) in [6, 6.07) is 8.20. The van der Waals surface area contributed by atoms with Crippen molar-refractivity contribution in [3.8, 4) is 11.3 Å². The molecule has 3 nitrogen and oxygen atoms in total. The van der Waals surface area contributed by atoms with E-state index >= 15 is 0 Å². The topological polar surface area (TPSA) is 37.8 Å². The quantitative estimate of drug-likeness (QED) is 0.905. The van der Waals surface area contributed by atoms with Gasteiger partial charge in [-0.3, -0.25) is 14.6 Å². The maximum absolute atomic E-state index is 12.6. The Hall–Kier alpha value is -1.77. The third-order valence-electron chi connectivity index (χ3n) is 3.57. The second-order valence-electron chi connectivity index (χ2n) is 6.38. The summed E-state index contributed by atoms with van der Waals surface area (Å²) in [7, 11) is 0. The van der Waals surface area contributed by atoms with E-state index in [9.17, 15) is 4.79 Å². The van der Waals surface area contributed by atoms with Crippen LogP contribution in [0.15, 0.2) is 29.1 Å². The summed E-state index contributed by atoms with van der Waals surface area (Å²) in [6.45, 7) is 11.2. The van der Waals surface area contributed by atoms with Crippen molar-refractivity contribution in [2.24, 2.45) is 0 Å². The summed E-state index contributed by atoms with van der Waals surface area (Å²) in [4.78, 5) is 12.6. The van der Waals surface area contributed by atoms with Gasteiger partial charge in [0.1, 0.15) is 0 Å². The Morgan fingerprint density at radius 1 is 1.20 bits per heavy atom. The zero-order valence-corrected chi connectivity index (χ0v) is 13.1. The second kappa shape index (κ2) is 5.31. The third-order valence-corrected chi connectivity index (χ3v) is 3.57. The molecule has 3 heteroatoms. The molecule has 0 atom stereocenters. The summed E-state index contributed by atoms with van der Waals surface area (Å²) in [5, 5.41) is 3.32. The molecule has 2 rings (SSSR count). The van der Waals surface area contributed by atoms with Crippen molar-refractivity contribution in [2.75, 3.05) is 0 Å². The van der Waals surface area contributed by atoms with Crippen molar-refractivity contribution in [3.63, 3.8) is 0 Å². The van der Waals surface area contributed by atoms with Crippen LogP contribution in [-0.4, -0.2) is 9.78 Å². The van der Waals surface area contributed by atoms with E-state index in [-0.39, 0.29) is 11.0 Å². The highest BCUT2D eigenvalue weighted by molar-refractivity contribution is 5.67. The molecular formula is C17H24N2O. The lowest BCUT2D eigenvalue weighted by atomic mass is 9.85. The lowest BCUT2D eigenvalue weighted by Crippen LogP contribution is -2.26. The monoisotopic (exact) mass is 272 g/mol. The average Bonchev–Trinajstić information content (AvgIpc) is 2.67. The molecule has 1 aromatic carbocycles. The summed E-state index contributed by atoms with van der Waals surface area (Å²) in [5.74, 6) is 0. The van der Waals surface area contributed by atoms with Crippen LogP contribution in [0.4, 0.5) is 0 Å². The van der Waals surface area contributed by atoms with Crippen molar-refractivity contribution < 1.29 is 0 Å². The Bertz CT molecular complexity index is 656. The fourth-order valence-electron chi connectivity index (χ4n) is 2.61. The molecule has 0 fully saturated rings. The van der Waals surface area contributed by atoms with E-state index in [0.717, 1.165) is 29.8 Å². The predicted octanol–water partition coefficient (Wildman–Crippen LogP) is 3.86. The van der Waals surface area contributed by atoms with Gasteiger partial charge in [0.05, 0.1) is 5.69 Å². The van der Waals surface area contributed by atoms with E-state index in [2.05, 4.69) is 51.9 Å². The number of benzene rings is 1. The Kier molecular flexibility index (Phi) is 3.89. The first-order valence-corrected chi connectivity index (χ1v) is 7.25. The van der Waals surface area contributed by atoms with Crippen molar-refractivity contribution in [1.82, 2.24) is 9.78 Å². The van der Waals surface area contributed by atoms with E-state index in [1.807, 2.05) is 12.1 Å². The number of hydrogen-bond donors (Lipinski definition) is 1. The molecule has 1 aromatic heterocycles. The first-order chi connectivity index (χ1) is 9.36. The lowest BCUT2D eigenvalue weighted by Gasteiger charge is -2.18. The fourth-order valence-corrected chi connectivity index (χ4v) is 2.61. The molecule has 0 aliphatic rings. The van der Waals surface area contributed by atoms with Crippen LogP contribution < -0.4 is 5.56 Å². The van der Waals surface area contributed by atoms with Gasteiger partial charge in [-0.2, -0.15) is 0 Å². The molecule has 0 radical (unpaired) electrons. The lowest BCUT2D eigenvalue weighted by molar-refractivity contribution is 0.561. The van der Waals surface area contributed by atoms with Gasteiger partial charge >= 0.3 is 0 Å². The van der Waals surface area contributed by atoms with E-state index in [1.54, 1.807) is 4.68 Å². The minimum Gasteiger partial charge on any atom is -0.295 e. The fraction of sp³-hybridized carbons (Fsp3) is 0.471. The van der Waals surface area contributed by atoms with Gasteiger partial charge < -0.3 is 0 Å². The Labute approximate surface area is 120 Å². The molecular weight excluding hydrogens is 248 g/mol. The number of rotatable bonds is 3. The minimum absolute atomic E-state index is 0.109. The molecule has 0 amide bonds. The minimum atomic E-state index is -0.176. The highest BCUT2D eigenvalue weighted by Crippen LogP contribution is 2.30. The smallest absolute Gasteiger partial charge is 0.270 e. The standard InChI is InChI=1S/C17H24N2O/c1-6-11-19-16(20)14(17(3,4)5)15(18-19)13-10-8-7-9-12(13)2/h7-10,18H,6,11H2,1-5H3. The molecule has 2 aromatic rings. The van der Waals surface area contributed by atoms with Crippen LogP contribution in [0.3, 0.4) is 0 Å². The van der Waals surface area contributed by atoms with Gasteiger partial charge in [0.2, 0.25) is 0 Å². The van der Waals surface area contributed by atoms with Gasteiger partial charge in [0.15, 0.2) is 0 Å². The van der Waals surface area contributed by atoms with Gasteiger partial charge in [-0.25, -0.2) is 0 Å². The molecule has 0 unspecified atom stereocenters. The SMILES string of the molecule is CCCn1[nH]c(-c2ccccc2C)c(C(C)(C)C)c1=O. The first kappa shape index (κ1) is 14.6. The molecule has 1 N–H and O–H groups in total. The number of aromatic amines is 1. The van der Waals surface area contributed by atoms with Crippen LogP contribution in [0.1, 0.15) is 45.2 Å². The van der Waals surface area contributed by atoms with E-state index < -0.39 is 0 Å². The van der Waals surface area contributed by atoms with Gasteiger partial charge in [0, 0.05) is 17.7 Å². The third kappa shape index (κ3) is 2.58. The Balaban J connectivity index is 2.73. The number of nitrogens with zero attached hydrogens (tertiary/aromatic N) is 1. The van der Waals surface area contributed by atoms with Crippen LogP contribution in [0.25, 0.3) is 11.3 Å². The van der Waals surface area contributed by atoms with Crippen LogP contribution in [0, 0.1) is 6.92 Å². The molecule has 20 heavy (non-hydrogen) atoms. The summed E-state index contributed by atoms with van der Waals surface area (Å²) in [6.07, 6.45) is 0.942. The molecule has 0 aliphatic carbocycles. The van der Waals surface area contributed by atoms with E-state index in [1.165, 1.54) is 5.56 Å². The summed E-state index contributed by atoms with van der Waals surface area (Å²) >= 11 is 0. The van der Waals surface area contributed by atoms with Crippen molar-refractivity contribution in [1.29, 1.82) is 0 Å². The zero-order valence-electron chi connectivity index (χ0n) is 13.1. The second-order valence-corrected chi connectivity index (χ2v) is 6.38. The maximum atomic E-state index is 12.6. The van der Waals surface area contributed by atoms with Gasteiger partial charge in [-0.1, -0.05) is 52.0 Å².